The smallest absolute Gasteiger partial charge is 0.314 e. The van der Waals surface area contributed by atoms with Crippen LogP contribution in [0.15, 0.2) is 24.3 Å². The number of ether oxygens (including phenoxy) is 1. The summed E-state index contributed by atoms with van der Waals surface area (Å²) in [5, 5.41) is 9.43. The van der Waals surface area contributed by atoms with Crippen LogP contribution >= 0.6 is 0 Å². The summed E-state index contributed by atoms with van der Waals surface area (Å²) >= 11 is 0. The van der Waals surface area contributed by atoms with Crippen LogP contribution in [-0.2, 0) is 4.79 Å². The summed E-state index contributed by atoms with van der Waals surface area (Å²) < 4.78 is 4.90. The van der Waals surface area contributed by atoms with Crippen LogP contribution in [-0.4, -0.2) is 11.1 Å². The molecular weight excluding hydrogens is 156 g/mol. The molecule has 3 heteroatoms. The minimum Gasteiger partial charge on any atom is -0.426 e. The average Bonchev–Trinajstić information content (AvgIpc) is 2.04. The topological polar surface area (TPSA) is 46.5 Å². The van der Waals surface area contributed by atoms with Gasteiger partial charge in [-0.15, -0.1) is 0 Å². The Hall–Kier alpha value is -1.35. The van der Waals surface area contributed by atoms with Crippen molar-refractivity contribution in [3.63, 3.8) is 0 Å². The van der Waals surface area contributed by atoms with Gasteiger partial charge < -0.3 is 9.84 Å². The normalized spacial score (nSPS) is 21.4. The molecule has 1 aromatic rings. The van der Waals surface area contributed by atoms with Crippen molar-refractivity contribution < 1.29 is 14.6 Å². The standard InChI is InChI=1S/C9H8O3/c10-7-5-9(11)12-8-4-2-1-3-6(7)8/h1-4,7,10H,5H2/t7-/m1/s1. The van der Waals surface area contributed by atoms with Crippen molar-refractivity contribution in [2.75, 3.05) is 0 Å². The molecule has 0 radical (unpaired) electrons. The molecule has 62 valence electrons. The zero-order chi connectivity index (χ0) is 8.55. The maximum Gasteiger partial charge on any atom is 0.314 e. The van der Waals surface area contributed by atoms with E-state index < -0.39 is 6.10 Å². The van der Waals surface area contributed by atoms with Crippen LogP contribution in [0, 0.1) is 0 Å². The number of para-hydroxylation sites is 1. The minimum atomic E-state index is -0.706. The molecule has 0 aromatic heterocycles. The lowest BCUT2D eigenvalue weighted by Gasteiger charge is -2.19. The number of esters is 1. The first-order valence-electron chi connectivity index (χ1n) is 3.75. The summed E-state index contributed by atoms with van der Waals surface area (Å²) in [6, 6.07) is 7.01. The highest BCUT2D eigenvalue weighted by Gasteiger charge is 2.24. The van der Waals surface area contributed by atoms with E-state index in [9.17, 15) is 9.90 Å². The van der Waals surface area contributed by atoms with Crippen molar-refractivity contribution >= 4 is 5.97 Å². The fraction of sp³-hybridized carbons (Fsp3) is 0.222. The molecule has 0 amide bonds. The highest BCUT2D eigenvalue weighted by molar-refractivity contribution is 5.75. The quantitative estimate of drug-likeness (QED) is 0.460. The van der Waals surface area contributed by atoms with Gasteiger partial charge in [0.1, 0.15) is 5.75 Å². The maximum absolute atomic E-state index is 10.9. The number of benzene rings is 1. The van der Waals surface area contributed by atoms with Gasteiger partial charge in [0.15, 0.2) is 0 Å². The Labute approximate surface area is 69.6 Å². The second-order valence-electron chi connectivity index (χ2n) is 2.73. The first kappa shape index (κ1) is 7.31. The van der Waals surface area contributed by atoms with Crippen molar-refractivity contribution in [2.24, 2.45) is 0 Å². The van der Waals surface area contributed by atoms with Crippen molar-refractivity contribution in [2.45, 2.75) is 12.5 Å². The van der Waals surface area contributed by atoms with Gasteiger partial charge in [-0.3, -0.25) is 4.79 Å². The Balaban J connectivity index is 2.47. The van der Waals surface area contributed by atoms with Gasteiger partial charge in [0.05, 0.1) is 12.5 Å². The van der Waals surface area contributed by atoms with Crippen molar-refractivity contribution in [1.29, 1.82) is 0 Å². The minimum absolute atomic E-state index is 0.0526. The summed E-state index contributed by atoms with van der Waals surface area (Å²) in [7, 11) is 0. The van der Waals surface area contributed by atoms with E-state index in [0.717, 1.165) is 0 Å². The van der Waals surface area contributed by atoms with Gasteiger partial charge in [0.25, 0.3) is 0 Å². The van der Waals surface area contributed by atoms with E-state index in [0.29, 0.717) is 11.3 Å². The third kappa shape index (κ3) is 1.08. The van der Waals surface area contributed by atoms with Gasteiger partial charge in [-0.2, -0.15) is 0 Å². The Morgan fingerprint density at radius 2 is 2.17 bits per heavy atom. The van der Waals surface area contributed by atoms with Crippen LogP contribution in [0.5, 0.6) is 5.75 Å². The van der Waals surface area contributed by atoms with Crippen LogP contribution in [0.2, 0.25) is 0 Å². The number of carbonyl (C=O) groups is 1. The molecule has 2 rings (SSSR count). The third-order valence-corrected chi connectivity index (χ3v) is 1.86. The van der Waals surface area contributed by atoms with E-state index in [2.05, 4.69) is 0 Å². The zero-order valence-electron chi connectivity index (χ0n) is 6.36. The fourth-order valence-electron chi connectivity index (χ4n) is 1.28. The summed E-state index contributed by atoms with van der Waals surface area (Å²) in [6.45, 7) is 0. The number of fused-ring (bicyclic) bond motifs is 1. The Morgan fingerprint density at radius 1 is 1.42 bits per heavy atom. The van der Waals surface area contributed by atoms with Crippen LogP contribution < -0.4 is 4.74 Å². The average molecular weight is 164 g/mol. The molecule has 0 spiro atoms. The fourth-order valence-corrected chi connectivity index (χ4v) is 1.28. The molecule has 1 N–H and O–H groups in total. The van der Waals surface area contributed by atoms with Crippen molar-refractivity contribution in [3.05, 3.63) is 29.8 Å². The van der Waals surface area contributed by atoms with Crippen LogP contribution in [0.25, 0.3) is 0 Å². The number of hydrogen-bond acceptors (Lipinski definition) is 3. The lowest BCUT2D eigenvalue weighted by molar-refractivity contribution is -0.138. The van der Waals surface area contributed by atoms with E-state index in [1.165, 1.54) is 0 Å². The van der Waals surface area contributed by atoms with Crippen LogP contribution in [0.3, 0.4) is 0 Å². The predicted octanol–water partition coefficient (Wildman–Crippen LogP) is 1.03. The summed E-state index contributed by atoms with van der Waals surface area (Å²) in [6.07, 6.45) is -0.653. The van der Waals surface area contributed by atoms with Gasteiger partial charge in [0.2, 0.25) is 0 Å². The molecule has 1 aromatic carbocycles. The second kappa shape index (κ2) is 2.60. The molecule has 0 saturated heterocycles. The van der Waals surface area contributed by atoms with E-state index in [1.807, 2.05) is 0 Å². The molecule has 0 bridgehead atoms. The predicted molar refractivity (Wildman–Crippen MR) is 41.7 cm³/mol. The molecule has 0 fully saturated rings. The lowest BCUT2D eigenvalue weighted by atomic mass is 10.0. The molecule has 3 nitrogen and oxygen atoms in total. The van der Waals surface area contributed by atoms with Crippen LogP contribution in [0.1, 0.15) is 18.1 Å². The Morgan fingerprint density at radius 3 is 3.00 bits per heavy atom. The van der Waals surface area contributed by atoms with Gasteiger partial charge in [-0.25, -0.2) is 0 Å². The molecule has 12 heavy (non-hydrogen) atoms. The van der Waals surface area contributed by atoms with Gasteiger partial charge in [-0.1, -0.05) is 18.2 Å². The molecule has 0 aliphatic carbocycles. The largest absolute Gasteiger partial charge is 0.426 e. The summed E-state index contributed by atoms with van der Waals surface area (Å²) in [5.74, 6) is 0.0995. The molecule has 1 heterocycles. The Bertz CT molecular complexity index is 319. The summed E-state index contributed by atoms with van der Waals surface area (Å²) in [4.78, 5) is 10.9. The second-order valence-corrected chi connectivity index (χ2v) is 2.73. The molecular formula is C9H8O3. The SMILES string of the molecule is O=C1C[C@@H](O)c2ccccc2O1. The number of rotatable bonds is 0. The van der Waals surface area contributed by atoms with Crippen molar-refractivity contribution in [1.82, 2.24) is 0 Å². The van der Waals surface area contributed by atoms with Gasteiger partial charge in [0, 0.05) is 5.56 Å². The number of aliphatic hydroxyl groups excluding tert-OH is 1. The van der Waals surface area contributed by atoms with E-state index >= 15 is 0 Å². The first-order chi connectivity index (χ1) is 5.77. The van der Waals surface area contributed by atoms with E-state index in [4.69, 9.17) is 4.74 Å². The highest BCUT2D eigenvalue weighted by atomic mass is 16.5. The van der Waals surface area contributed by atoms with Crippen molar-refractivity contribution in [3.8, 4) is 5.75 Å². The van der Waals surface area contributed by atoms with E-state index in [-0.39, 0.29) is 12.4 Å². The Kier molecular flexibility index (Phi) is 1.59. The first-order valence-corrected chi connectivity index (χ1v) is 3.75. The van der Waals surface area contributed by atoms with Gasteiger partial charge in [-0.05, 0) is 6.07 Å². The zero-order valence-corrected chi connectivity index (χ0v) is 6.36. The summed E-state index contributed by atoms with van der Waals surface area (Å²) in [5.41, 5.74) is 0.692. The van der Waals surface area contributed by atoms with Crippen LogP contribution in [0.4, 0.5) is 0 Å². The molecule has 0 unspecified atom stereocenters. The van der Waals surface area contributed by atoms with Gasteiger partial charge >= 0.3 is 5.97 Å². The molecule has 1 aliphatic rings. The lowest BCUT2D eigenvalue weighted by Crippen LogP contribution is -2.19. The number of hydrogen-bond donors (Lipinski definition) is 1. The monoisotopic (exact) mass is 164 g/mol. The van der Waals surface area contributed by atoms with E-state index in [1.54, 1.807) is 24.3 Å². The number of aliphatic hydroxyl groups is 1. The maximum atomic E-state index is 10.9. The third-order valence-electron chi connectivity index (χ3n) is 1.86. The number of carbonyl (C=O) groups excluding carboxylic acids is 1. The highest BCUT2D eigenvalue weighted by Crippen LogP contribution is 2.31. The molecule has 0 saturated carbocycles. The molecule has 1 atom stereocenters. The molecule has 1 aliphatic heterocycles.